The molecular weight excluding hydrogens is 394 g/mol. The third-order valence-corrected chi connectivity index (χ3v) is 7.40. The van der Waals surface area contributed by atoms with Gasteiger partial charge in [-0.1, -0.05) is 60.7 Å². The Morgan fingerprint density at radius 1 is 0.875 bits per heavy atom. The van der Waals surface area contributed by atoms with E-state index in [1.165, 1.54) is 23.1 Å². The minimum atomic E-state index is 0.0127. The third kappa shape index (κ3) is 4.40. The predicted octanol–water partition coefficient (Wildman–Crippen LogP) is 5.75. The van der Waals surface area contributed by atoms with Gasteiger partial charge in [0.1, 0.15) is 17.6 Å². The van der Waals surface area contributed by atoms with Gasteiger partial charge in [0, 0.05) is 17.5 Å². The molecule has 0 aliphatic carbocycles. The number of hydrogen-bond donors (Lipinski definition) is 1. The van der Waals surface area contributed by atoms with Gasteiger partial charge in [0.25, 0.3) is 0 Å². The van der Waals surface area contributed by atoms with Crippen LogP contribution in [0.3, 0.4) is 0 Å². The smallest absolute Gasteiger partial charge is 0.124 e. The zero-order valence-electron chi connectivity index (χ0n) is 18.7. The highest BCUT2D eigenvalue weighted by Crippen LogP contribution is 2.51. The van der Waals surface area contributed by atoms with E-state index in [1.807, 2.05) is 12.1 Å². The fourth-order valence-corrected chi connectivity index (χ4v) is 5.67. The fourth-order valence-electron chi connectivity index (χ4n) is 5.67. The average Bonchev–Trinajstić information content (AvgIpc) is 3.13. The molecule has 3 nitrogen and oxygen atoms in total. The molecule has 166 valence electrons. The quantitative estimate of drug-likeness (QED) is 0.497. The Balaban J connectivity index is 1.26. The van der Waals surface area contributed by atoms with Crippen LogP contribution < -0.4 is 4.74 Å². The Hall–Kier alpha value is -2.78. The molecular formula is C29H33NO2. The Morgan fingerprint density at radius 3 is 2.28 bits per heavy atom. The zero-order valence-corrected chi connectivity index (χ0v) is 18.7. The fraction of sp³-hybridized carbons (Fsp3) is 0.379. The number of hydrogen-bond acceptors (Lipinski definition) is 3. The van der Waals surface area contributed by atoms with Gasteiger partial charge in [0.15, 0.2) is 0 Å². The van der Waals surface area contributed by atoms with Crippen LogP contribution in [0.1, 0.15) is 42.4 Å². The molecule has 2 heterocycles. The number of piperidine rings is 1. The SMILES string of the molecule is Oc1ccc2c(c1)[C@]1(CCCc3ccccc3)CCN(CCCc3ccccc3)C[C@@H]1O2. The predicted molar refractivity (Wildman–Crippen MR) is 129 cm³/mol. The monoisotopic (exact) mass is 427 g/mol. The number of ether oxygens (including phenoxy) is 1. The van der Waals surface area contributed by atoms with Crippen LogP contribution in [0.5, 0.6) is 11.5 Å². The molecule has 0 amide bonds. The second-order valence-electron chi connectivity index (χ2n) is 9.42. The first-order valence-electron chi connectivity index (χ1n) is 12.0. The lowest BCUT2D eigenvalue weighted by Gasteiger charge is -2.43. The van der Waals surface area contributed by atoms with Crippen molar-refractivity contribution in [1.29, 1.82) is 0 Å². The molecule has 2 aliphatic rings. The highest BCUT2D eigenvalue weighted by molar-refractivity contribution is 5.49. The van der Waals surface area contributed by atoms with Gasteiger partial charge in [-0.25, -0.2) is 0 Å². The molecule has 1 saturated heterocycles. The van der Waals surface area contributed by atoms with E-state index in [0.29, 0.717) is 5.75 Å². The molecule has 0 radical (unpaired) electrons. The third-order valence-electron chi connectivity index (χ3n) is 7.40. The molecule has 0 aromatic heterocycles. The number of benzene rings is 3. The van der Waals surface area contributed by atoms with Crippen molar-refractivity contribution in [3.8, 4) is 11.5 Å². The zero-order chi connectivity index (χ0) is 21.8. The van der Waals surface area contributed by atoms with E-state index >= 15 is 0 Å². The van der Waals surface area contributed by atoms with Crippen molar-refractivity contribution in [3.63, 3.8) is 0 Å². The average molecular weight is 428 g/mol. The summed E-state index contributed by atoms with van der Waals surface area (Å²) in [6.45, 7) is 3.17. The molecule has 3 aromatic rings. The minimum absolute atomic E-state index is 0.0127. The van der Waals surface area contributed by atoms with Crippen molar-refractivity contribution in [1.82, 2.24) is 4.90 Å². The summed E-state index contributed by atoms with van der Waals surface area (Å²) in [5, 5.41) is 10.2. The van der Waals surface area contributed by atoms with E-state index in [2.05, 4.69) is 65.6 Å². The number of rotatable bonds is 8. The Morgan fingerprint density at radius 2 is 1.56 bits per heavy atom. The summed E-state index contributed by atoms with van der Waals surface area (Å²) in [4.78, 5) is 2.58. The van der Waals surface area contributed by atoms with Crippen LogP contribution in [0.15, 0.2) is 78.9 Å². The summed E-state index contributed by atoms with van der Waals surface area (Å²) in [5.74, 6) is 1.32. The summed E-state index contributed by atoms with van der Waals surface area (Å²) in [5.41, 5.74) is 4.05. The molecule has 0 bridgehead atoms. The van der Waals surface area contributed by atoms with Crippen LogP contribution in [0.2, 0.25) is 0 Å². The van der Waals surface area contributed by atoms with Crippen LogP contribution in [-0.2, 0) is 18.3 Å². The lowest BCUT2D eigenvalue weighted by Crippen LogP contribution is -2.53. The molecule has 5 rings (SSSR count). The van der Waals surface area contributed by atoms with Crippen molar-refractivity contribution in [2.75, 3.05) is 19.6 Å². The first-order valence-corrected chi connectivity index (χ1v) is 12.0. The summed E-state index contributed by atoms with van der Waals surface area (Å²) in [6, 6.07) is 27.2. The maximum Gasteiger partial charge on any atom is 0.124 e. The molecule has 1 N–H and O–H groups in total. The molecule has 0 saturated carbocycles. The van der Waals surface area contributed by atoms with Crippen LogP contribution >= 0.6 is 0 Å². The van der Waals surface area contributed by atoms with E-state index in [-0.39, 0.29) is 11.5 Å². The number of phenolic OH excluding ortho intramolecular Hbond substituents is 1. The lowest BCUT2D eigenvalue weighted by atomic mass is 9.68. The van der Waals surface area contributed by atoms with Crippen LogP contribution in [0.25, 0.3) is 0 Å². The highest BCUT2D eigenvalue weighted by atomic mass is 16.5. The standard InChI is InChI=1S/C29H33NO2/c31-25-15-16-27-26(21-25)29(17-7-13-23-9-3-1-4-10-23)18-20-30(22-28(29)32-27)19-8-14-24-11-5-2-6-12-24/h1-6,9-12,15-16,21,28,31H,7-8,13-14,17-20,22H2/t28-,29-/m0/s1. The van der Waals surface area contributed by atoms with Gasteiger partial charge < -0.3 is 9.84 Å². The topological polar surface area (TPSA) is 32.7 Å². The lowest BCUT2D eigenvalue weighted by molar-refractivity contribution is 0.0368. The summed E-state index contributed by atoms with van der Waals surface area (Å²) in [7, 11) is 0. The van der Waals surface area contributed by atoms with Crippen molar-refractivity contribution in [2.24, 2.45) is 0 Å². The Bertz CT molecular complexity index is 1020. The first kappa shape index (κ1) is 21.1. The van der Waals surface area contributed by atoms with Crippen molar-refractivity contribution < 1.29 is 9.84 Å². The maximum atomic E-state index is 10.2. The molecule has 3 heteroatoms. The Labute approximate surface area is 191 Å². The van der Waals surface area contributed by atoms with Gasteiger partial charge in [0.05, 0.1) is 0 Å². The van der Waals surface area contributed by atoms with Gasteiger partial charge in [-0.15, -0.1) is 0 Å². The van der Waals surface area contributed by atoms with Crippen molar-refractivity contribution >= 4 is 0 Å². The normalized spacial score (nSPS) is 22.2. The van der Waals surface area contributed by atoms with E-state index < -0.39 is 0 Å². The van der Waals surface area contributed by atoms with Crippen LogP contribution in [0.4, 0.5) is 0 Å². The molecule has 32 heavy (non-hydrogen) atoms. The number of aryl methyl sites for hydroxylation is 2. The van der Waals surface area contributed by atoms with Gasteiger partial charge in [0.2, 0.25) is 0 Å². The van der Waals surface area contributed by atoms with Crippen molar-refractivity contribution in [2.45, 2.75) is 50.0 Å². The maximum absolute atomic E-state index is 10.2. The number of fused-ring (bicyclic) bond motifs is 3. The Kier molecular flexibility index (Phi) is 6.18. The van der Waals surface area contributed by atoms with Crippen LogP contribution in [0, 0.1) is 0 Å². The molecule has 0 unspecified atom stereocenters. The summed E-state index contributed by atoms with van der Waals surface area (Å²) >= 11 is 0. The minimum Gasteiger partial charge on any atom is -0.508 e. The number of nitrogens with zero attached hydrogens (tertiary/aromatic N) is 1. The molecule has 2 aliphatic heterocycles. The molecule has 0 spiro atoms. The first-order chi connectivity index (χ1) is 15.7. The van der Waals surface area contributed by atoms with Crippen molar-refractivity contribution in [3.05, 3.63) is 95.6 Å². The number of aromatic hydroxyl groups is 1. The second-order valence-corrected chi connectivity index (χ2v) is 9.42. The van der Waals surface area contributed by atoms with Crippen LogP contribution in [-0.4, -0.2) is 35.7 Å². The van der Waals surface area contributed by atoms with E-state index in [1.54, 1.807) is 6.07 Å². The number of phenols is 1. The molecule has 2 atom stereocenters. The van der Waals surface area contributed by atoms with E-state index in [4.69, 9.17) is 4.74 Å². The molecule has 1 fully saturated rings. The van der Waals surface area contributed by atoms with Gasteiger partial charge in [-0.2, -0.15) is 0 Å². The van der Waals surface area contributed by atoms with Gasteiger partial charge in [-0.05, 0) is 80.9 Å². The van der Waals surface area contributed by atoms with E-state index in [0.717, 1.165) is 57.5 Å². The number of likely N-dealkylation sites (tertiary alicyclic amines) is 1. The van der Waals surface area contributed by atoms with Gasteiger partial charge in [-0.3, -0.25) is 4.90 Å². The summed E-state index contributed by atoms with van der Waals surface area (Å²) < 4.78 is 6.51. The molecule has 3 aromatic carbocycles. The van der Waals surface area contributed by atoms with Gasteiger partial charge >= 0.3 is 0 Å². The highest BCUT2D eigenvalue weighted by Gasteiger charge is 2.51. The largest absolute Gasteiger partial charge is 0.508 e. The summed E-state index contributed by atoms with van der Waals surface area (Å²) in [6.07, 6.45) is 6.87. The second kappa shape index (κ2) is 9.38. The van der Waals surface area contributed by atoms with E-state index in [9.17, 15) is 5.11 Å².